The van der Waals surface area contributed by atoms with Gasteiger partial charge in [-0.25, -0.2) is 4.40 Å². The third kappa shape index (κ3) is 9.87. The Morgan fingerprint density at radius 1 is 1.42 bits per heavy atom. The van der Waals surface area contributed by atoms with E-state index in [4.69, 9.17) is 5.26 Å². The SMILES string of the molecule is C=C/C(C=NSC)=C\C=C/C/C=C(C#N)\C=C/CC. The van der Waals surface area contributed by atoms with Crippen LogP contribution in [0.25, 0.3) is 0 Å². The van der Waals surface area contributed by atoms with Crippen molar-refractivity contribution in [3.05, 3.63) is 60.3 Å². The Kier molecular flexibility index (Phi) is 11.5. The van der Waals surface area contributed by atoms with Crippen molar-refractivity contribution in [2.24, 2.45) is 4.40 Å². The predicted molar refractivity (Wildman–Crippen MR) is 87.2 cm³/mol. The molecule has 0 atom stereocenters. The Morgan fingerprint density at radius 3 is 2.79 bits per heavy atom. The number of nitrogens with zero attached hydrogens (tertiary/aromatic N) is 2. The first-order valence-corrected chi connectivity index (χ1v) is 7.29. The Morgan fingerprint density at radius 2 is 2.21 bits per heavy atom. The highest BCUT2D eigenvalue weighted by atomic mass is 32.2. The van der Waals surface area contributed by atoms with Gasteiger partial charge in [0.05, 0.1) is 6.07 Å². The van der Waals surface area contributed by atoms with E-state index in [2.05, 4.69) is 17.0 Å². The quantitative estimate of drug-likeness (QED) is 0.275. The number of allylic oxidation sites excluding steroid dienone is 9. The number of hydrogen-bond acceptors (Lipinski definition) is 3. The second kappa shape index (κ2) is 12.7. The van der Waals surface area contributed by atoms with Crippen LogP contribution in [0.4, 0.5) is 0 Å². The maximum Gasteiger partial charge on any atom is 0.0988 e. The summed E-state index contributed by atoms with van der Waals surface area (Å²) in [5, 5.41) is 8.89. The molecule has 0 fully saturated rings. The van der Waals surface area contributed by atoms with E-state index in [1.54, 1.807) is 12.3 Å². The summed E-state index contributed by atoms with van der Waals surface area (Å²) in [4.78, 5) is 0. The maximum atomic E-state index is 8.89. The van der Waals surface area contributed by atoms with Gasteiger partial charge in [-0.15, -0.1) is 0 Å². The maximum absolute atomic E-state index is 8.89. The molecule has 0 radical (unpaired) electrons. The third-order valence-corrected chi connectivity index (χ3v) is 2.42. The molecule has 100 valence electrons. The lowest BCUT2D eigenvalue weighted by Gasteiger charge is -1.89. The molecule has 0 aliphatic rings. The lowest BCUT2D eigenvalue weighted by atomic mass is 10.2. The third-order valence-electron chi connectivity index (χ3n) is 2.10. The van der Waals surface area contributed by atoms with Crippen LogP contribution in [-0.4, -0.2) is 12.5 Å². The molecular weight excluding hydrogens is 252 g/mol. The van der Waals surface area contributed by atoms with E-state index in [-0.39, 0.29) is 0 Å². The van der Waals surface area contributed by atoms with Gasteiger partial charge in [0, 0.05) is 18.0 Å². The fourth-order valence-corrected chi connectivity index (χ4v) is 1.35. The molecule has 0 aromatic rings. The monoisotopic (exact) mass is 272 g/mol. The molecule has 0 aliphatic carbocycles. The highest BCUT2D eigenvalue weighted by Gasteiger charge is 1.86. The standard InChI is InChI=1S/C16H20N2S/c1-4-6-10-16(13-17)12-9-7-8-11-15(5-2)14-18-19-3/h5-8,10-12,14H,2,4,9H2,1,3H3/b8-7-,10-6-,15-11+,16-12+,18-14?. The van der Waals surface area contributed by atoms with Gasteiger partial charge in [0.2, 0.25) is 0 Å². The molecule has 0 heterocycles. The number of nitriles is 1. The lowest BCUT2D eigenvalue weighted by molar-refractivity contribution is 1.22. The van der Waals surface area contributed by atoms with Crippen LogP contribution in [-0.2, 0) is 0 Å². The van der Waals surface area contributed by atoms with Gasteiger partial charge in [0.15, 0.2) is 0 Å². The van der Waals surface area contributed by atoms with Crippen molar-refractivity contribution >= 4 is 18.2 Å². The van der Waals surface area contributed by atoms with Crippen LogP contribution in [0.15, 0.2) is 64.7 Å². The molecule has 0 saturated heterocycles. The summed E-state index contributed by atoms with van der Waals surface area (Å²) in [7, 11) is 0. The average molecular weight is 272 g/mol. The van der Waals surface area contributed by atoms with Gasteiger partial charge in [-0.2, -0.15) is 5.26 Å². The summed E-state index contributed by atoms with van der Waals surface area (Å²) in [6, 6.07) is 2.16. The van der Waals surface area contributed by atoms with Crippen LogP contribution in [0.2, 0.25) is 0 Å². The minimum atomic E-state index is 0.698. The average Bonchev–Trinajstić information content (AvgIpc) is 2.45. The van der Waals surface area contributed by atoms with Crippen molar-refractivity contribution in [2.75, 3.05) is 6.26 Å². The van der Waals surface area contributed by atoms with Crippen molar-refractivity contribution in [2.45, 2.75) is 19.8 Å². The summed E-state index contributed by atoms with van der Waals surface area (Å²) in [6.45, 7) is 5.77. The van der Waals surface area contributed by atoms with Crippen LogP contribution in [0.1, 0.15) is 19.8 Å². The zero-order valence-electron chi connectivity index (χ0n) is 11.5. The second-order valence-corrected chi connectivity index (χ2v) is 4.11. The lowest BCUT2D eigenvalue weighted by Crippen LogP contribution is -1.76. The van der Waals surface area contributed by atoms with E-state index in [1.807, 2.05) is 49.6 Å². The normalized spacial score (nSPS) is 13.5. The molecule has 0 unspecified atom stereocenters. The van der Waals surface area contributed by atoms with Crippen LogP contribution >= 0.6 is 11.9 Å². The minimum Gasteiger partial charge on any atom is -0.224 e. The minimum absolute atomic E-state index is 0.698. The van der Waals surface area contributed by atoms with E-state index < -0.39 is 0 Å². The van der Waals surface area contributed by atoms with Crippen molar-refractivity contribution in [1.82, 2.24) is 0 Å². The molecule has 3 heteroatoms. The van der Waals surface area contributed by atoms with Crippen molar-refractivity contribution in [1.29, 1.82) is 5.26 Å². The molecule has 0 spiro atoms. The molecule has 19 heavy (non-hydrogen) atoms. The summed E-state index contributed by atoms with van der Waals surface area (Å²) < 4.78 is 4.07. The summed E-state index contributed by atoms with van der Waals surface area (Å²) >= 11 is 1.41. The van der Waals surface area contributed by atoms with E-state index in [0.29, 0.717) is 5.57 Å². The first kappa shape index (κ1) is 17.2. The highest BCUT2D eigenvalue weighted by molar-refractivity contribution is 7.97. The van der Waals surface area contributed by atoms with Gasteiger partial charge in [0.1, 0.15) is 0 Å². The van der Waals surface area contributed by atoms with Crippen LogP contribution in [0, 0.1) is 11.3 Å². The molecule has 0 amide bonds. The van der Waals surface area contributed by atoms with Gasteiger partial charge in [0.25, 0.3) is 0 Å². The number of rotatable bonds is 8. The predicted octanol–water partition coefficient (Wildman–Crippen LogP) is 4.81. The molecular formula is C16H20N2S. The topological polar surface area (TPSA) is 36.1 Å². The summed E-state index contributed by atoms with van der Waals surface area (Å²) in [5.41, 5.74) is 1.66. The Labute approximate surface area is 120 Å². The van der Waals surface area contributed by atoms with Crippen LogP contribution in [0.3, 0.4) is 0 Å². The zero-order chi connectivity index (χ0) is 14.3. The van der Waals surface area contributed by atoms with Crippen molar-refractivity contribution in [3.63, 3.8) is 0 Å². The van der Waals surface area contributed by atoms with E-state index >= 15 is 0 Å². The summed E-state index contributed by atoms with van der Waals surface area (Å²) in [6.07, 6.45) is 18.7. The van der Waals surface area contributed by atoms with Gasteiger partial charge >= 0.3 is 0 Å². The molecule has 0 aromatic carbocycles. The Balaban J connectivity index is 4.43. The highest BCUT2D eigenvalue weighted by Crippen LogP contribution is 2.01. The van der Waals surface area contributed by atoms with Gasteiger partial charge in [-0.05, 0) is 36.4 Å². The first-order valence-electron chi connectivity index (χ1n) is 6.11. The van der Waals surface area contributed by atoms with E-state index in [0.717, 1.165) is 18.4 Å². The van der Waals surface area contributed by atoms with Crippen LogP contribution in [0.5, 0.6) is 0 Å². The van der Waals surface area contributed by atoms with Crippen LogP contribution < -0.4 is 0 Å². The first-order chi connectivity index (χ1) is 9.28. The fourth-order valence-electron chi connectivity index (χ4n) is 1.13. The van der Waals surface area contributed by atoms with E-state index in [9.17, 15) is 0 Å². The molecule has 0 aliphatic heterocycles. The molecule has 0 rings (SSSR count). The van der Waals surface area contributed by atoms with Crippen molar-refractivity contribution < 1.29 is 0 Å². The zero-order valence-corrected chi connectivity index (χ0v) is 12.4. The molecule has 2 nitrogen and oxygen atoms in total. The van der Waals surface area contributed by atoms with Crippen molar-refractivity contribution in [3.8, 4) is 6.07 Å². The summed E-state index contributed by atoms with van der Waals surface area (Å²) in [5.74, 6) is 0. The fraction of sp³-hybridized carbons (Fsp3) is 0.250. The van der Waals surface area contributed by atoms with E-state index in [1.165, 1.54) is 11.9 Å². The smallest absolute Gasteiger partial charge is 0.0988 e. The molecule has 0 aromatic heterocycles. The Hall–Kier alpha value is -1.79. The molecule has 0 saturated carbocycles. The number of hydrogen-bond donors (Lipinski definition) is 0. The molecule has 0 bridgehead atoms. The second-order valence-electron chi connectivity index (χ2n) is 3.53. The molecule has 0 N–H and O–H groups in total. The van der Waals surface area contributed by atoms with Gasteiger partial charge in [-0.3, -0.25) is 0 Å². The van der Waals surface area contributed by atoms with Gasteiger partial charge in [-0.1, -0.05) is 50.0 Å². The largest absolute Gasteiger partial charge is 0.224 e. The Bertz CT molecular complexity index is 446. The van der Waals surface area contributed by atoms with Gasteiger partial charge < -0.3 is 0 Å².